The maximum atomic E-state index is 13.7. The summed E-state index contributed by atoms with van der Waals surface area (Å²) in [6.45, 7) is 9.63. The zero-order valence-electron chi connectivity index (χ0n) is 32.1. The number of hydrogen-bond donors (Lipinski definition) is 4. The second-order valence-corrected chi connectivity index (χ2v) is 14.2. The first kappa shape index (κ1) is 40.3. The topological polar surface area (TPSA) is 139 Å². The smallest absolute Gasteiger partial charge is 0.314 e. The Labute approximate surface area is 323 Å². The van der Waals surface area contributed by atoms with E-state index in [1.165, 1.54) is 16.7 Å². The Balaban J connectivity index is 1.45. The van der Waals surface area contributed by atoms with E-state index in [0.717, 1.165) is 72.2 Å². The predicted octanol–water partition coefficient (Wildman–Crippen LogP) is 6.28. The summed E-state index contributed by atoms with van der Waals surface area (Å²) in [7, 11) is 6.93. The van der Waals surface area contributed by atoms with Crippen molar-refractivity contribution in [3.63, 3.8) is 0 Å². The molecular formula is C41H52ClN7O5. The first-order chi connectivity index (χ1) is 25.9. The Kier molecular flexibility index (Phi) is 13.4. The third-order valence-corrected chi connectivity index (χ3v) is 10.9. The third kappa shape index (κ3) is 8.41. The van der Waals surface area contributed by atoms with Gasteiger partial charge in [-0.15, -0.1) is 0 Å². The second-order valence-electron chi connectivity index (χ2n) is 13.8. The van der Waals surface area contributed by atoms with Crippen molar-refractivity contribution in [2.45, 2.75) is 57.9 Å². The van der Waals surface area contributed by atoms with E-state index in [-0.39, 0.29) is 36.7 Å². The van der Waals surface area contributed by atoms with E-state index in [1.54, 1.807) is 26.1 Å². The molecule has 54 heavy (non-hydrogen) atoms. The van der Waals surface area contributed by atoms with E-state index in [1.807, 2.05) is 36.4 Å². The van der Waals surface area contributed by atoms with E-state index in [4.69, 9.17) is 21.3 Å². The Morgan fingerprint density at radius 2 is 1.89 bits per heavy atom. The predicted molar refractivity (Wildman–Crippen MR) is 213 cm³/mol. The lowest BCUT2D eigenvalue weighted by Gasteiger charge is -2.34. The van der Waals surface area contributed by atoms with Crippen LogP contribution in [0.3, 0.4) is 0 Å². The summed E-state index contributed by atoms with van der Waals surface area (Å²) in [5.41, 5.74) is 6.85. The summed E-state index contributed by atoms with van der Waals surface area (Å²) in [6.07, 6.45) is 5.88. The maximum absolute atomic E-state index is 13.7. The van der Waals surface area contributed by atoms with Crippen LogP contribution in [0.4, 0.5) is 10.5 Å². The van der Waals surface area contributed by atoms with Gasteiger partial charge in [0.05, 0.1) is 24.4 Å². The highest BCUT2D eigenvalue weighted by atomic mass is 35.5. The molecule has 4 amide bonds. The lowest BCUT2D eigenvalue weighted by Crippen LogP contribution is -2.43. The van der Waals surface area contributed by atoms with Crippen molar-refractivity contribution in [3.8, 4) is 28.3 Å². The van der Waals surface area contributed by atoms with Crippen LogP contribution < -0.4 is 20.7 Å². The number of benzene rings is 2. The van der Waals surface area contributed by atoms with E-state index in [2.05, 4.69) is 54.4 Å². The lowest BCUT2D eigenvalue weighted by molar-refractivity contribution is -0.128. The van der Waals surface area contributed by atoms with Crippen LogP contribution in [0.15, 0.2) is 66.6 Å². The second kappa shape index (κ2) is 17.9. The highest BCUT2D eigenvalue weighted by Crippen LogP contribution is 2.45. The lowest BCUT2D eigenvalue weighted by atomic mass is 9.87. The van der Waals surface area contributed by atoms with Crippen LogP contribution in [-0.2, 0) is 16.0 Å². The van der Waals surface area contributed by atoms with Gasteiger partial charge in [-0.05, 0) is 80.4 Å². The fourth-order valence-electron chi connectivity index (χ4n) is 7.25. The first-order valence-corrected chi connectivity index (χ1v) is 18.9. The van der Waals surface area contributed by atoms with Crippen LogP contribution in [0.2, 0.25) is 5.02 Å². The number of rotatable bonds is 15. The minimum absolute atomic E-state index is 0.0276. The zero-order chi connectivity index (χ0) is 39.1. The molecule has 0 radical (unpaired) electrons. The van der Waals surface area contributed by atoms with Crippen molar-refractivity contribution in [1.82, 2.24) is 30.3 Å². The molecule has 0 spiro atoms. The first-order valence-electron chi connectivity index (χ1n) is 18.5. The molecule has 288 valence electrons. The number of urea groups is 1. The van der Waals surface area contributed by atoms with Crippen molar-refractivity contribution < 1.29 is 24.2 Å². The highest BCUT2D eigenvalue weighted by molar-refractivity contribution is 6.36. The summed E-state index contributed by atoms with van der Waals surface area (Å²) in [4.78, 5) is 48.6. The number of aromatic nitrogens is 1. The van der Waals surface area contributed by atoms with Crippen molar-refractivity contribution in [3.05, 3.63) is 88.4 Å². The molecule has 0 fully saturated rings. The number of pyridine rings is 1. The Morgan fingerprint density at radius 1 is 1.17 bits per heavy atom. The summed E-state index contributed by atoms with van der Waals surface area (Å²) in [5, 5.41) is 18.5. The number of nitrogens with zero attached hydrogens (tertiary/aromatic N) is 4. The Hall–Kier alpha value is -4.91. The van der Waals surface area contributed by atoms with Crippen molar-refractivity contribution in [1.29, 1.82) is 0 Å². The number of anilines is 1. The van der Waals surface area contributed by atoms with Gasteiger partial charge in [0.25, 0.3) is 11.8 Å². The van der Waals surface area contributed by atoms with Crippen molar-refractivity contribution >= 4 is 35.1 Å². The number of hydrogen-bond acceptors (Lipinski definition) is 8. The molecular weight excluding hydrogens is 706 g/mol. The number of ether oxygens (including phenoxy) is 1. The van der Waals surface area contributed by atoms with Gasteiger partial charge in [-0.25, -0.2) is 9.78 Å². The van der Waals surface area contributed by atoms with Crippen LogP contribution in [-0.4, -0.2) is 97.1 Å². The molecule has 1 aliphatic carbocycles. The monoisotopic (exact) mass is 757 g/mol. The van der Waals surface area contributed by atoms with E-state index < -0.39 is 11.8 Å². The molecule has 3 aromatic rings. The van der Waals surface area contributed by atoms with Crippen LogP contribution >= 0.6 is 11.6 Å². The number of carbonyl (C=O) groups is 3. The van der Waals surface area contributed by atoms with Gasteiger partial charge in [-0.3, -0.25) is 19.4 Å². The summed E-state index contributed by atoms with van der Waals surface area (Å²) >= 11 is 7.31. The molecule has 2 aliphatic rings. The molecule has 0 saturated carbocycles. The van der Waals surface area contributed by atoms with Crippen molar-refractivity contribution in [2.24, 2.45) is 0 Å². The Bertz CT molecular complexity index is 1930. The van der Waals surface area contributed by atoms with Crippen LogP contribution in [0.5, 0.6) is 5.88 Å². The van der Waals surface area contributed by atoms with Gasteiger partial charge < -0.3 is 30.7 Å². The molecule has 2 atom stereocenters. The quantitative estimate of drug-likeness (QED) is 0.105. The number of aliphatic hydroxyl groups is 1. The highest BCUT2D eigenvalue weighted by Gasteiger charge is 2.33. The number of halogens is 1. The maximum Gasteiger partial charge on any atom is 0.314 e. The zero-order valence-corrected chi connectivity index (χ0v) is 32.8. The number of likely N-dealkylation sites (N-methyl/N-ethyl adjacent to an activating group) is 1. The molecule has 2 heterocycles. The molecule has 4 N–H and O–H groups in total. The van der Waals surface area contributed by atoms with Crippen LogP contribution in [0.1, 0.15) is 68.2 Å². The average molecular weight is 758 g/mol. The summed E-state index contributed by atoms with van der Waals surface area (Å²) in [5.74, 6) is -0.0424. The normalized spacial score (nSPS) is 15.9. The van der Waals surface area contributed by atoms with Gasteiger partial charge in [0, 0.05) is 61.8 Å². The molecule has 2 unspecified atom stereocenters. The largest absolute Gasteiger partial charge is 0.481 e. The number of amides is 4. The van der Waals surface area contributed by atoms with E-state index >= 15 is 0 Å². The van der Waals surface area contributed by atoms with E-state index in [0.29, 0.717) is 29.0 Å². The van der Waals surface area contributed by atoms with Gasteiger partial charge in [-0.1, -0.05) is 62.4 Å². The van der Waals surface area contributed by atoms with Crippen LogP contribution in [0, 0.1) is 0 Å². The number of β-amino-alcohol motifs (C(OH)–C–C–N with tert-alkyl or cyclic N) is 1. The van der Waals surface area contributed by atoms with Gasteiger partial charge in [0.2, 0.25) is 5.88 Å². The standard InChI is InChI=1S/C41H52ClN7O5/c1-8-25(2)35-28(13-12-16-32(35)45-38(51)31-24-49(21-22-50)26(3)48(6)40(31)52)29-14-11-15-30(37(29)42)33-23-27-17-18-34(36(27)39(46-33)54-7)47(5)20-10-9-19-44-41(53)43-4/h11-16,23-25,34,50H,3,8-10,17-22H2,1-2,4-7H3,(H,45,51)(H2,43,44,53). The minimum atomic E-state index is -0.555. The fraction of sp³-hybridized carbons (Fsp3) is 0.415. The number of methoxy groups -OCH3 is 1. The van der Waals surface area contributed by atoms with Gasteiger partial charge in [0.15, 0.2) is 0 Å². The number of aryl methyl sites for hydroxylation is 1. The molecule has 1 aromatic heterocycles. The molecule has 2 aromatic carbocycles. The van der Waals surface area contributed by atoms with Gasteiger partial charge in [-0.2, -0.15) is 0 Å². The summed E-state index contributed by atoms with van der Waals surface area (Å²) in [6, 6.07) is 13.7. The van der Waals surface area contributed by atoms with Gasteiger partial charge in [0.1, 0.15) is 11.4 Å². The SMILES string of the molecule is C=C1N(CCO)C=C(C(=O)Nc2cccc(-c3cccc(-c4cc5c(c(OC)n4)C(N(C)CCCCNC(=O)NC)CC5)c3Cl)c2C(C)CC)C(=O)N1C. The number of aliphatic hydroxyl groups excluding tert-OH is 1. The molecule has 0 saturated heterocycles. The average Bonchev–Trinajstić information content (AvgIpc) is 3.61. The molecule has 12 nitrogen and oxygen atoms in total. The minimum Gasteiger partial charge on any atom is -0.481 e. The molecule has 13 heteroatoms. The fourth-order valence-corrected chi connectivity index (χ4v) is 7.58. The van der Waals surface area contributed by atoms with Crippen LogP contribution in [0.25, 0.3) is 22.4 Å². The van der Waals surface area contributed by atoms with Crippen molar-refractivity contribution in [2.75, 3.05) is 59.8 Å². The summed E-state index contributed by atoms with van der Waals surface area (Å²) < 4.78 is 5.92. The molecule has 5 rings (SSSR count). The van der Waals surface area contributed by atoms with E-state index in [9.17, 15) is 19.5 Å². The number of nitrogens with one attached hydrogen (secondary N) is 3. The third-order valence-electron chi connectivity index (χ3n) is 10.5. The molecule has 1 aliphatic heterocycles. The van der Waals surface area contributed by atoms with Gasteiger partial charge >= 0.3 is 6.03 Å². The number of unbranched alkanes of at least 4 members (excludes halogenated alkanes) is 1. The number of carbonyl (C=O) groups excluding carboxylic acids is 3. The number of fused-ring (bicyclic) bond motifs is 1. The molecule has 0 bridgehead atoms. The Morgan fingerprint density at radius 3 is 2.59 bits per heavy atom.